The van der Waals surface area contributed by atoms with Crippen LogP contribution in [0.5, 0.6) is 5.75 Å². The van der Waals surface area contributed by atoms with Gasteiger partial charge in [0.25, 0.3) is 0 Å². The van der Waals surface area contributed by atoms with Crippen molar-refractivity contribution in [2.75, 3.05) is 31.8 Å². The normalized spacial score (nSPS) is 15.3. The van der Waals surface area contributed by atoms with Gasteiger partial charge in [0.15, 0.2) is 15.0 Å². The third-order valence-electron chi connectivity index (χ3n) is 4.00. The van der Waals surface area contributed by atoms with Crippen LogP contribution < -0.4 is 4.74 Å². The fourth-order valence-electron chi connectivity index (χ4n) is 2.68. The topological polar surface area (TPSA) is 75.7 Å². The van der Waals surface area contributed by atoms with Crippen LogP contribution in [0, 0.1) is 0 Å². The largest absolute Gasteiger partial charge is 0.741 e. The maximum Gasteiger partial charge on any atom is 0.485 e. The van der Waals surface area contributed by atoms with E-state index in [-0.39, 0.29) is 0 Å². The lowest BCUT2D eigenvalue weighted by Gasteiger charge is -2.09. The van der Waals surface area contributed by atoms with E-state index in [2.05, 4.69) is 36.4 Å². The number of alkyl halides is 3. The van der Waals surface area contributed by atoms with E-state index in [1.165, 1.54) is 40.0 Å². The molecular formula is C18H21F3O5S2. The van der Waals surface area contributed by atoms with Crippen molar-refractivity contribution in [1.82, 2.24) is 0 Å². The number of halogens is 3. The molecule has 1 heterocycles. The number of fused-ring (bicyclic) bond motifs is 1. The van der Waals surface area contributed by atoms with E-state index < -0.39 is 15.6 Å². The van der Waals surface area contributed by atoms with E-state index in [0.717, 1.165) is 5.75 Å². The Kier molecular flexibility index (Phi) is 7.99. The van der Waals surface area contributed by atoms with E-state index in [4.69, 9.17) is 22.4 Å². The molecule has 0 radical (unpaired) electrons. The maximum absolute atomic E-state index is 10.7. The Hall–Kier alpha value is -1.49. The number of methoxy groups -OCH3 is 1. The monoisotopic (exact) mass is 438 g/mol. The summed E-state index contributed by atoms with van der Waals surface area (Å²) < 4.78 is 69.7. The Morgan fingerprint density at radius 1 is 1.11 bits per heavy atom. The maximum atomic E-state index is 10.7. The van der Waals surface area contributed by atoms with E-state index in [9.17, 15) is 13.2 Å². The lowest BCUT2D eigenvalue weighted by atomic mass is 10.1. The van der Waals surface area contributed by atoms with E-state index in [1.807, 2.05) is 0 Å². The molecule has 2 aromatic carbocycles. The molecule has 0 amide bonds. The van der Waals surface area contributed by atoms with Crippen LogP contribution in [-0.4, -0.2) is 50.3 Å². The highest BCUT2D eigenvalue weighted by atomic mass is 32.2. The first-order chi connectivity index (χ1) is 13.1. The Morgan fingerprint density at radius 3 is 2.32 bits per heavy atom. The first kappa shape index (κ1) is 22.8. The first-order valence-corrected chi connectivity index (χ1v) is 11.4. The summed E-state index contributed by atoms with van der Waals surface area (Å²) >= 11 is 0. The zero-order chi connectivity index (χ0) is 20.8. The second-order valence-corrected chi connectivity index (χ2v) is 9.60. The summed E-state index contributed by atoms with van der Waals surface area (Å²) in [7, 11) is -3.95. The lowest BCUT2D eigenvalue weighted by Crippen LogP contribution is -2.21. The Balaban J connectivity index is 0.000000300. The van der Waals surface area contributed by atoms with E-state index in [0.29, 0.717) is 24.1 Å². The standard InChI is InChI=1S/C17H21O2S.CHF3O3S/c1-18-9-10-19-15-8-7-14-5-4-6-17(16(14)13-15)20-11-2-3-12-20;2-1(3,4)8(5,6)7/h4-8,13H,2-3,9-12H2,1H3;(H,5,6,7)/q+1;/p-1. The Bertz CT molecular complexity index is 878. The van der Waals surface area contributed by atoms with Gasteiger partial charge in [0, 0.05) is 23.4 Å². The number of rotatable bonds is 5. The third kappa shape index (κ3) is 6.26. The van der Waals surface area contributed by atoms with Gasteiger partial charge in [0.2, 0.25) is 0 Å². The van der Waals surface area contributed by atoms with Gasteiger partial charge in [-0.2, -0.15) is 13.2 Å². The second-order valence-electron chi connectivity index (χ2n) is 5.99. The van der Waals surface area contributed by atoms with Crippen molar-refractivity contribution >= 4 is 31.8 Å². The molecule has 0 bridgehead atoms. The Morgan fingerprint density at radius 2 is 1.75 bits per heavy atom. The smallest absolute Gasteiger partial charge is 0.485 e. The van der Waals surface area contributed by atoms with E-state index in [1.54, 1.807) is 7.11 Å². The zero-order valence-electron chi connectivity index (χ0n) is 15.2. The fourth-order valence-corrected chi connectivity index (χ4v) is 5.19. The van der Waals surface area contributed by atoms with Crippen molar-refractivity contribution in [3.8, 4) is 5.75 Å². The van der Waals surface area contributed by atoms with Crippen LogP contribution in [-0.2, 0) is 25.7 Å². The summed E-state index contributed by atoms with van der Waals surface area (Å²) in [6, 6.07) is 13.1. The Labute approximate surface area is 164 Å². The van der Waals surface area contributed by atoms with Crippen molar-refractivity contribution in [1.29, 1.82) is 0 Å². The predicted molar refractivity (Wildman–Crippen MR) is 102 cm³/mol. The average molecular weight is 438 g/mol. The number of benzene rings is 2. The summed E-state index contributed by atoms with van der Waals surface area (Å²) in [6.45, 7) is 1.24. The van der Waals surface area contributed by atoms with Crippen LogP contribution in [0.25, 0.3) is 10.8 Å². The minimum absolute atomic E-state index is 0.439. The zero-order valence-corrected chi connectivity index (χ0v) is 16.8. The molecule has 0 aliphatic carbocycles. The van der Waals surface area contributed by atoms with Crippen LogP contribution >= 0.6 is 0 Å². The third-order valence-corrected chi connectivity index (χ3v) is 7.10. The van der Waals surface area contributed by atoms with Gasteiger partial charge in [0.1, 0.15) is 23.9 Å². The highest BCUT2D eigenvalue weighted by Gasteiger charge is 2.37. The molecule has 2 aromatic rings. The van der Waals surface area contributed by atoms with Crippen LogP contribution in [0.2, 0.25) is 0 Å². The summed E-state index contributed by atoms with van der Waals surface area (Å²) in [5, 5.41) is 2.69. The van der Waals surface area contributed by atoms with Gasteiger partial charge in [-0.15, -0.1) is 0 Å². The van der Waals surface area contributed by atoms with Gasteiger partial charge in [-0.25, -0.2) is 8.42 Å². The molecule has 0 saturated carbocycles. The van der Waals surface area contributed by atoms with Crippen molar-refractivity contribution in [2.45, 2.75) is 23.2 Å². The van der Waals surface area contributed by atoms with Crippen LogP contribution in [0.15, 0.2) is 41.3 Å². The van der Waals surface area contributed by atoms with E-state index >= 15 is 0 Å². The minimum Gasteiger partial charge on any atom is -0.741 e. The summed E-state index contributed by atoms with van der Waals surface area (Å²) in [4.78, 5) is 1.53. The van der Waals surface area contributed by atoms with Crippen LogP contribution in [0.3, 0.4) is 0 Å². The first-order valence-electron chi connectivity index (χ1n) is 8.47. The molecule has 3 rings (SSSR count). The van der Waals surface area contributed by atoms with Crippen LogP contribution in [0.4, 0.5) is 13.2 Å². The molecule has 0 atom stereocenters. The molecular weight excluding hydrogens is 417 g/mol. The highest BCUT2D eigenvalue weighted by Crippen LogP contribution is 2.31. The molecule has 0 N–H and O–H groups in total. The number of hydrogen-bond donors (Lipinski definition) is 0. The highest BCUT2D eigenvalue weighted by molar-refractivity contribution is 7.97. The molecule has 1 aliphatic rings. The summed E-state index contributed by atoms with van der Waals surface area (Å²) in [6.07, 6.45) is 2.76. The lowest BCUT2D eigenvalue weighted by molar-refractivity contribution is -0.0517. The van der Waals surface area contributed by atoms with Crippen molar-refractivity contribution in [2.24, 2.45) is 0 Å². The van der Waals surface area contributed by atoms with Crippen molar-refractivity contribution in [3.05, 3.63) is 36.4 Å². The van der Waals surface area contributed by atoms with Gasteiger partial charge >= 0.3 is 5.51 Å². The quantitative estimate of drug-likeness (QED) is 0.308. The van der Waals surface area contributed by atoms with Gasteiger partial charge < -0.3 is 14.0 Å². The molecule has 0 spiro atoms. The average Bonchev–Trinajstić information content (AvgIpc) is 3.14. The molecule has 1 saturated heterocycles. The number of hydrogen-bond acceptors (Lipinski definition) is 5. The molecule has 10 heteroatoms. The molecule has 156 valence electrons. The predicted octanol–water partition coefficient (Wildman–Crippen LogP) is 3.69. The van der Waals surface area contributed by atoms with Gasteiger partial charge in [-0.05, 0) is 36.4 Å². The molecule has 0 unspecified atom stereocenters. The van der Waals surface area contributed by atoms with Gasteiger partial charge in [-0.3, -0.25) is 0 Å². The molecule has 0 aromatic heterocycles. The summed E-state index contributed by atoms with van der Waals surface area (Å²) in [5.74, 6) is 3.66. The van der Waals surface area contributed by atoms with Crippen molar-refractivity contribution in [3.63, 3.8) is 0 Å². The molecule has 1 fully saturated rings. The summed E-state index contributed by atoms with van der Waals surface area (Å²) in [5.41, 5.74) is -5.65. The molecule has 1 aliphatic heterocycles. The molecule has 5 nitrogen and oxygen atoms in total. The van der Waals surface area contributed by atoms with Gasteiger partial charge in [0.05, 0.1) is 6.61 Å². The van der Waals surface area contributed by atoms with Crippen LogP contribution in [0.1, 0.15) is 12.8 Å². The SMILES string of the molecule is COCCOc1ccc2cccc([S+]3CCCC3)c2c1.O=S(=O)([O-])C(F)(F)F. The second kappa shape index (κ2) is 9.82. The fraction of sp³-hybridized carbons (Fsp3) is 0.444. The molecule has 28 heavy (non-hydrogen) atoms. The van der Waals surface area contributed by atoms with Gasteiger partial charge in [-0.1, -0.05) is 18.2 Å². The van der Waals surface area contributed by atoms with Crippen molar-refractivity contribution < 1.29 is 35.6 Å². The minimum atomic E-state index is -6.09. The number of ether oxygens (including phenoxy) is 2.